The third kappa shape index (κ3) is 4.96. The molecule has 1 N–H and O–H groups in total. The van der Waals surface area contributed by atoms with Gasteiger partial charge in [-0.15, -0.1) is 0 Å². The van der Waals surface area contributed by atoms with Crippen molar-refractivity contribution in [1.29, 1.82) is 0 Å². The fourth-order valence-corrected chi connectivity index (χ4v) is 1.08. The highest BCUT2D eigenvalue weighted by Crippen LogP contribution is 1.98. The van der Waals surface area contributed by atoms with Crippen LogP contribution in [-0.4, -0.2) is 12.1 Å². The van der Waals surface area contributed by atoms with Crippen molar-refractivity contribution in [2.75, 3.05) is 0 Å². The molecule has 1 amide bonds. The molecule has 0 atom stereocenters. The molecule has 3 heteroatoms. The Labute approximate surface area is 90.2 Å². The number of amides is 1. The van der Waals surface area contributed by atoms with Crippen molar-refractivity contribution >= 4 is 12.1 Å². The average Bonchev–Trinajstić information content (AvgIpc) is 2.18. The molecule has 1 aromatic carbocycles. The zero-order valence-corrected chi connectivity index (χ0v) is 9.10. The summed E-state index contributed by atoms with van der Waals surface area (Å²) < 4.78 is 0. The van der Waals surface area contributed by atoms with Gasteiger partial charge < -0.3 is 0 Å². The van der Waals surface area contributed by atoms with E-state index < -0.39 is 0 Å². The Bertz CT molecular complexity index is 331. The van der Waals surface area contributed by atoms with Crippen molar-refractivity contribution in [1.82, 2.24) is 5.43 Å². The number of hydrogen-bond acceptors (Lipinski definition) is 2. The van der Waals surface area contributed by atoms with E-state index in [2.05, 4.69) is 10.5 Å². The van der Waals surface area contributed by atoms with Gasteiger partial charge in [-0.25, -0.2) is 5.43 Å². The van der Waals surface area contributed by atoms with Crippen LogP contribution in [0, 0.1) is 5.92 Å². The third-order valence-corrected chi connectivity index (χ3v) is 1.77. The van der Waals surface area contributed by atoms with Gasteiger partial charge in [-0.3, -0.25) is 4.79 Å². The van der Waals surface area contributed by atoms with Crippen LogP contribution < -0.4 is 5.43 Å². The summed E-state index contributed by atoms with van der Waals surface area (Å²) in [6, 6.07) is 9.61. The van der Waals surface area contributed by atoms with Gasteiger partial charge in [-0.2, -0.15) is 5.10 Å². The largest absolute Gasteiger partial charge is 0.273 e. The monoisotopic (exact) mass is 204 g/mol. The molecular weight excluding hydrogens is 188 g/mol. The number of nitrogens with one attached hydrogen (secondary N) is 1. The Morgan fingerprint density at radius 3 is 2.67 bits per heavy atom. The van der Waals surface area contributed by atoms with Crippen molar-refractivity contribution in [2.24, 2.45) is 11.0 Å². The van der Waals surface area contributed by atoms with Crippen molar-refractivity contribution in [3.63, 3.8) is 0 Å². The summed E-state index contributed by atoms with van der Waals surface area (Å²) >= 11 is 0. The maximum absolute atomic E-state index is 11.4. The summed E-state index contributed by atoms with van der Waals surface area (Å²) in [5.41, 5.74) is 3.49. The molecule has 0 bridgehead atoms. The molecule has 0 aliphatic rings. The summed E-state index contributed by atoms with van der Waals surface area (Å²) in [4.78, 5) is 11.4. The Morgan fingerprint density at radius 2 is 2.07 bits per heavy atom. The van der Waals surface area contributed by atoms with E-state index >= 15 is 0 Å². The van der Waals surface area contributed by atoms with Crippen LogP contribution in [0.2, 0.25) is 0 Å². The van der Waals surface area contributed by atoms with Gasteiger partial charge >= 0.3 is 0 Å². The first-order valence-electron chi connectivity index (χ1n) is 5.04. The molecule has 0 fully saturated rings. The summed E-state index contributed by atoms with van der Waals surface area (Å²) in [6.45, 7) is 4.01. The standard InChI is InChI=1S/C12H16N2O/c1-10(2)9-13-14-12(15)8-11-6-4-3-5-7-11/h3-7,9-10H,8H2,1-2H3,(H,14,15). The zero-order valence-electron chi connectivity index (χ0n) is 9.10. The highest BCUT2D eigenvalue weighted by Gasteiger charge is 2.00. The van der Waals surface area contributed by atoms with E-state index in [-0.39, 0.29) is 5.91 Å². The minimum absolute atomic E-state index is 0.0851. The lowest BCUT2D eigenvalue weighted by atomic mass is 10.1. The highest BCUT2D eigenvalue weighted by molar-refractivity contribution is 5.79. The van der Waals surface area contributed by atoms with Crippen LogP contribution in [0.15, 0.2) is 35.4 Å². The molecule has 0 spiro atoms. The summed E-state index contributed by atoms with van der Waals surface area (Å²) in [7, 11) is 0. The number of rotatable bonds is 4. The van der Waals surface area contributed by atoms with E-state index in [1.165, 1.54) is 0 Å². The van der Waals surface area contributed by atoms with Gasteiger partial charge in [0.15, 0.2) is 0 Å². The molecule has 0 aliphatic carbocycles. The second-order valence-electron chi connectivity index (χ2n) is 3.72. The molecule has 0 radical (unpaired) electrons. The summed E-state index contributed by atoms with van der Waals surface area (Å²) in [5, 5.41) is 3.84. The molecule has 3 nitrogen and oxygen atoms in total. The van der Waals surface area contributed by atoms with Crippen molar-refractivity contribution < 1.29 is 4.79 Å². The molecule has 0 saturated heterocycles. The Balaban J connectivity index is 2.37. The lowest BCUT2D eigenvalue weighted by molar-refractivity contribution is -0.120. The van der Waals surface area contributed by atoms with Crippen LogP contribution in [0.25, 0.3) is 0 Å². The predicted molar refractivity (Wildman–Crippen MR) is 61.6 cm³/mol. The van der Waals surface area contributed by atoms with Gasteiger partial charge in [0.1, 0.15) is 0 Å². The lowest BCUT2D eigenvalue weighted by Gasteiger charge is -2.00. The van der Waals surface area contributed by atoms with Gasteiger partial charge in [0.25, 0.3) is 0 Å². The van der Waals surface area contributed by atoms with Gasteiger partial charge in [0.05, 0.1) is 6.42 Å². The fraction of sp³-hybridized carbons (Fsp3) is 0.333. The van der Waals surface area contributed by atoms with E-state index in [0.29, 0.717) is 12.3 Å². The molecule has 0 aliphatic heterocycles. The lowest BCUT2D eigenvalue weighted by Crippen LogP contribution is -2.20. The van der Waals surface area contributed by atoms with E-state index in [4.69, 9.17) is 0 Å². The molecule has 0 heterocycles. The van der Waals surface area contributed by atoms with E-state index in [9.17, 15) is 4.79 Å². The predicted octanol–water partition coefficient (Wildman–Crippen LogP) is 1.99. The van der Waals surface area contributed by atoms with Crippen LogP contribution in [0.1, 0.15) is 19.4 Å². The van der Waals surface area contributed by atoms with Crippen LogP contribution in [-0.2, 0) is 11.2 Å². The average molecular weight is 204 g/mol. The van der Waals surface area contributed by atoms with Crippen LogP contribution in [0.5, 0.6) is 0 Å². The number of benzene rings is 1. The molecule has 0 saturated carbocycles. The SMILES string of the molecule is CC(C)C=NNC(=O)Cc1ccccc1. The maximum Gasteiger partial charge on any atom is 0.244 e. The number of carbonyl (C=O) groups is 1. The smallest absolute Gasteiger partial charge is 0.244 e. The minimum Gasteiger partial charge on any atom is -0.273 e. The van der Waals surface area contributed by atoms with Crippen molar-refractivity contribution in [3.8, 4) is 0 Å². The van der Waals surface area contributed by atoms with E-state index in [0.717, 1.165) is 5.56 Å². The van der Waals surface area contributed by atoms with Crippen LogP contribution in [0.3, 0.4) is 0 Å². The number of nitrogens with zero attached hydrogens (tertiary/aromatic N) is 1. The molecule has 0 aromatic heterocycles. The van der Waals surface area contributed by atoms with Crippen molar-refractivity contribution in [2.45, 2.75) is 20.3 Å². The second-order valence-corrected chi connectivity index (χ2v) is 3.72. The molecular formula is C12H16N2O. The van der Waals surface area contributed by atoms with Gasteiger partial charge in [0.2, 0.25) is 5.91 Å². The topological polar surface area (TPSA) is 41.5 Å². The molecule has 1 aromatic rings. The maximum atomic E-state index is 11.4. The minimum atomic E-state index is -0.0851. The number of carbonyl (C=O) groups excluding carboxylic acids is 1. The normalized spacial score (nSPS) is 10.9. The number of hydrazone groups is 1. The Hall–Kier alpha value is -1.64. The van der Waals surface area contributed by atoms with Crippen LogP contribution in [0.4, 0.5) is 0 Å². The highest BCUT2D eigenvalue weighted by atomic mass is 16.2. The second kappa shape index (κ2) is 5.96. The fourth-order valence-electron chi connectivity index (χ4n) is 1.08. The Kier molecular flexibility index (Phi) is 4.54. The summed E-state index contributed by atoms with van der Waals surface area (Å²) in [6.07, 6.45) is 2.08. The first-order valence-corrected chi connectivity index (χ1v) is 5.04. The molecule has 15 heavy (non-hydrogen) atoms. The van der Waals surface area contributed by atoms with Gasteiger partial charge in [0, 0.05) is 6.21 Å². The van der Waals surface area contributed by atoms with Crippen molar-refractivity contribution in [3.05, 3.63) is 35.9 Å². The quantitative estimate of drug-likeness (QED) is 0.591. The summed E-state index contributed by atoms with van der Waals surface area (Å²) in [5.74, 6) is 0.264. The van der Waals surface area contributed by atoms with Crippen LogP contribution >= 0.6 is 0 Å². The zero-order chi connectivity index (χ0) is 11.1. The van der Waals surface area contributed by atoms with Gasteiger partial charge in [-0.05, 0) is 11.5 Å². The van der Waals surface area contributed by atoms with E-state index in [1.807, 2.05) is 44.2 Å². The molecule has 80 valence electrons. The molecule has 1 rings (SSSR count). The first kappa shape index (κ1) is 11.4. The number of hydrogen-bond donors (Lipinski definition) is 1. The molecule has 0 unspecified atom stereocenters. The Morgan fingerprint density at radius 1 is 1.40 bits per heavy atom. The van der Waals surface area contributed by atoms with Gasteiger partial charge in [-0.1, -0.05) is 44.2 Å². The van der Waals surface area contributed by atoms with E-state index in [1.54, 1.807) is 6.21 Å². The first-order chi connectivity index (χ1) is 7.18. The third-order valence-electron chi connectivity index (χ3n) is 1.77.